The normalized spacial score (nSPS) is 19.3. The van der Waals surface area contributed by atoms with Gasteiger partial charge in [-0.2, -0.15) is 0 Å². The van der Waals surface area contributed by atoms with Crippen molar-refractivity contribution in [1.82, 2.24) is 0 Å². The summed E-state index contributed by atoms with van der Waals surface area (Å²) in [5.74, 6) is 0.0612. The largest absolute Gasteiger partial charge is 0.372 e. The van der Waals surface area contributed by atoms with Gasteiger partial charge in [-0.05, 0) is 23.5 Å². The van der Waals surface area contributed by atoms with Crippen LogP contribution in [0.4, 0.5) is 11.4 Å². The molecule has 1 aromatic carbocycles. The van der Waals surface area contributed by atoms with Crippen molar-refractivity contribution in [3.8, 4) is 0 Å². The minimum atomic E-state index is -0.119. The number of carbonyl (C=O) groups excluding carboxylic acids is 1. The van der Waals surface area contributed by atoms with Gasteiger partial charge in [0.2, 0.25) is 5.91 Å². The Bertz CT molecular complexity index is 446. The zero-order valence-electron chi connectivity index (χ0n) is 10.9. The van der Waals surface area contributed by atoms with E-state index in [1.807, 2.05) is 19.1 Å². The number of rotatable bonds is 1. The van der Waals surface area contributed by atoms with Crippen molar-refractivity contribution in [2.45, 2.75) is 45.6 Å². The lowest BCUT2D eigenvalue weighted by Gasteiger charge is -2.32. The summed E-state index contributed by atoms with van der Waals surface area (Å²) in [6, 6.07) is 5.94. The van der Waals surface area contributed by atoms with E-state index in [1.54, 1.807) is 0 Å². The Balaban J connectivity index is 2.48. The van der Waals surface area contributed by atoms with E-state index in [4.69, 9.17) is 0 Å². The van der Waals surface area contributed by atoms with Crippen LogP contribution < -0.4 is 10.6 Å². The highest BCUT2D eigenvalue weighted by Gasteiger charge is 2.28. The van der Waals surface area contributed by atoms with Crippen LogP contribution in [-0.2, 0) is 10.2 Å². The second kappa shape index (κ2) is 4.06. The van der Waals surface area contributed by atoms with E-state index >= 15 is 0 Å². The number of hydrogen-bond acceptors (Lipinski definition) is 2. The van der Waals surface area contributed by atoms with E-state index in [2.05, 4.69) is 37.5 Å². The monoisotopic (exact) mass is 232 g/mol. The van der Waals surface area contributed by atoms with Crippen LogP contribution in [0.2, 0.25) is 0 Å². The highest BCUT2D eigenvalue weighted by atomic mass is 16.2. The van der Waals surface area contributed by atoms with E-state index in [0.717, 1.165) is 17.8 Å². The standard InChI is InChI=1S/C14H20N2O/c1-5-10-13(17)16-11-8-6-7-9(12(11)15-10)14(2,3)4/h6-8,10,15H,5H2,1-4H3,(H,16,17). The molecule has 92 valence electrons. The molecule has 17 heavy (non-hydrogen) atoms. The molecule has 1 aliphatic rings. The first-order valence-corrected chi connectivity index (χ1v) is 6.14. The Kier molecular flexibility index (Phi) is 2.86. The van der Waals surface area contributed by atoms with Gasteiger partial charge in [0.15, 0.2) is 0 Å². The maximum absolute atomic E-state index is 11.8. The maximum Gasteiger partial charge on any atom is 0.246 e. The first-order valence-electron chi connectivity index (χ1n) is 6.14. The number of hydrogen-bond donors (Lipinski definition) is 2. The molecule has 0 saturated heterocycles. The van der Waals surface area contributed by atoms with Gasteiger partial charge in [-0.25, -0.2) is 0 Å². The zero-order chi connectivity index (χ0) is 12.6. The number of anilines is 2. The molecular weight excluding hydrogens is 212 g/mol. The molecule has 3 heteroatoms. The summed E-state index contributed by atoms with van der Waals surface area (Å²) in [5.41, 5.74) is 3.28. The number of nitrogens with one attached hydrogen (secondary N) is 2. The quantitative estimate of drug-likeness (QED) is 0.781. The van der Waals surface area contributed by atoms with Crippen molar-refractivity contribution in [1.29, 1.82) is 0 Å². The Labute approximate surface area is 103 Å². The minimum absolute atomic E-state index is 0.0612. The molecule has 1 aliphatic heterocycles. The summed E-state index contributed by atoms with van der Waals surface area (Å²) < 4.78 is 0. The van der Waals surface area contributed by atoms with Crippen LogP contribution in [0.15, 0.2) is 18.2 Å². The fraction of sp³-hybridized carbons (Fsp3) is 0.500. The van der Waals surface area contributed by atoms with Crippen molar-refractivity contribution in [3.63, 3.8) is 0 Å². The van der Waals surface area contributed by atoms with Crippen LogP contribution in [0.5, 0.6) is 0 Å². The van der Waals surface area contributed by atoms with Crippen molar-refractivity contribution in [2.24, 2.45) is 0 Å². The van der Waals surface area contributed by atoms with Gasteiger partial charge in [-0.1, -0.05) is 39.8 Å². The van der Waals surface area contributed by atoms with Gasteiger partial charge in [0.25, 0.3) is 0 Å². The van der Waals surface area contributed by atoms with Gasteiger partial charge < -0.3 is 10.6 Å². The lowest BCUT2D eigenvalue weighted by molar-refractivity contribution is -0.117. The molecular formula is C14H20N2O. The molecule has 1 unspecified atom stereocenters. The molecule has 2 rings (SSSR count). The first kappa shape index (κ1) is 12.0. The smallest absolute Gasteiger partial charge is 0.246 e. The number of fused-ring (bicyclic) bond motifs is 1. The topological polar surface area (TPSA) is 41.1 Å². The van der Waals surface area contributed by atoms with Gasteiger partial charge in [0, 0.05) is 0 Å². The average molecular weight is 232 g/mol. The fourth-order valence-electron chi connectivity index (χ4n) is 2.18. The van der Waals surface area contributed by atoms with Crippen LogP contribution in [0.1, 0.15) is 39.7 Å². The third-order valence-electron chi connectivity index (χ3n) is 3.17. The fourth-order valence-corrected chi connectivity index (χ4v) is 2.18. The number of para-hydroxylation sites is 1. The molecule has 1 amide bonds. The summed E-state index contributed by atoms with van der Waals surface area (Å²) in [6.07, 6.45) is 0.795. The molecule has 0 saturated carbocycles. The second-order valence-electron chi connectivity index (χ2n) is 5.57. The minimum Gasteiger partial charge on any atom is -0.372 e. The molecule has 1 aromatic rings. The van der Waals surface area contributed by atoms with Gasteiger partial charge in [0.1, 0.15) is 6.04 Å². The molecule has 0 aromatic heterocycles. The molecule has 0 aliphatic carbocycles. The van der Waals surface area contributed by atoms with Crippen molar-refractivity contribution in [2.75, 3.05) is 10.6 Å². The van der Waals surface area contributed by atoms with E-state index in [9.17, 15) is 4.79 Å². The molecule has 1 heterocycles. The van der Waals surface area contributed by atoms with Gasteiger partial charge >= 0.3 is 0 Å². The summed E-state index contributed by atoms with van der Waals surface area (Å²) >= 11 is 0. The lowest BCUT2D eigenvalue weighted by Crippen LogP contribution is -2.39. The van der Waals surface area contributed by atoms with E-state index in [1.165, 1.54) is 5.56 Å². The molecule has 2 N–H and O–H groups in total. The van der Waals surface area contributed by atoms with Gasteiger partial charge in [-0.3, -0.25) is 4.79 Å². The van der Waals surface area contributed by atoms with Crippen LogP contribution >= 0.6 is 0 Å². The summed E-state index contributed by atoms with van der Waals surface area (Å²) in [7, 11) is 0. The Morgan fingerprint density at radius 3 is 2.59 bits per heavy atom. The predicted molar refractivity (Wildman–Crippen MR) is 71.5 cm³/mol. The number of carbonyl (C=O) groups is 1. The van der Waals surface area contributed by atoms with E-state index < -0.39 is 0 Å². The highest BCUT2D eigenvalue weighted by Crippen LogP contribution is 2.37. The average Bonchev–Trinajstić information content (AvgIpc) is 2.25. The van der Waals surface area contributed by atoms with Crippen molar-refractivity contribution < 1.29 is 4.79 Å². The Morgan fingerprint density at radius 1 is 1.29 bits per heavy atom. The molecule has 3 nitrogen and oxygen atoms in total. The second-order valence-corrected chi connectivity index (χ2v) is 5.57. The lowest BCUT2D eigenvalue weighted by atomic mass is 9.84. The molecule has 0 spiro atoms. The molecule has 1 atom stereocenters. The Morgan fingerprint density at radius 2 is 2.00 bits per heavy atom. The third-order valence-corrected chi connectivity index (χ3v) is 3.17. The van der Waals surface area contributed by atoms with Crippen LogP contribution in [0.25, 0.3) is 0 Å². The van der Waals surface area contributed by atoms with Crippen molar-refractivity contribution in [3.05, 3.63) is 23.8 Å². The van der Waals surface area contributed by atoms with E-state index in [0.29, 0.717) is 0 Å². The molecule has 0 fully saturated rings. The van der Waals surface area contributed by atoms with Crippen LogP contribution in [0.3, 0.4) is 0 Å². The molecule has 0 radical (unpaired) electrons. The van der Waals surface area contributed by atoms with Crippen LogP contribution in [-0.4, -0.2) is 11.9 Å². The van der Waals surface area contributed by atoms with Gasteiger partial charge in [0.05, 0.1) is 11.4 Å². The summed E-state index contributed by atoms with van der Waals surface area (Å²) in [4.78, 5) is 11.8. The highest BCUT2D eigenvalue weighted by molar-refractivity contribution is 6.03. The van der Waals surface area contributed by atoms with Crippen molar-refractivity contribution >= 4 is 17.3 Å². The van der Waals surface area contributed by atoms with Crippen LogP contribution in [0, 0.1) is 0 Å². The van der Waals surface area contributed by atoms with E-state index in [-0.39, 0.29) is 17.4 Å². The zero-order valence-corrected chi connectivity index (χ0v) is 10.9. The summed E-state index contributed by atoms with van der Waals surface area (Å²) in [6.45, 7) is 8.56. The number of benzene rings is 1. The maximum atomic E-state index is 11.8. The van der Waals surface area contributed by atoms with Gasteiger partial charge in [-0.15, -0.1) is 0 Å². The Hall–Kier alpha value is -1.51. The molecule has 0 bridgehead atoms. The first-order chi connectivity index (χ1) is 7.93. The predicted octanol–water partition coefficient (Wildman–Crippen LogP) is 3.13. The number of amides is 1. The third kappa shape index (κ3) is 2.14. The SMILES string of the molecule is CCC1Nc2c(cccc2C(C)(C)C)NC1=O. The summed E-state index contributed by atoms with van der Waals surface area (Å²) in [5, 5.41) is 6.33.